The van der Waals surface area contributed by atoms with Crippen molar-refractivity contribution in [3.63, 3.8) is 0 Å². The maximum Gasteiger partial charge on any atom is 0.159 e. The maximum atomic E-state index is 5.40. The minimum Gasteiger partial charge on any atom is -0.308 e. The lowest BCUT2D eigenvalue weighted by Crippen LogP contribution is -2.12. The molecule has 0 saturated carbocycles. The number of hydrazine groups is 1. The highest BCUT2D eigenvalue weighted by molar-refractivity contribution is 5.40. The summed E-state index contributed by atoms with van der Waals surface area (Å²) in [6.45, 7) is 4.02. The number of anilines is 1. The van der Waals surface area contributed by atoms with Crippen LogP contribution in [-0.2, 0) is 6.42 Å². The molecule has 0 aliphatic carbocycles. The van der Waals surface area contributed by atoms with E-state index in [-0.39, 0.29) is 0 Å². The third-order valence-corrected chi connectivity index (χ3v) is 2.34. The van der Waals surface area contributed by atoms with Crippen LogP contribution in [0.5, 0.6) is 0 Å². The number of aryl methyl sites for hydroxylation is 2. The second-order valence-electron chi connectivity index (χ2n) is 3.82. The first-order chi connectivity index (χ1) is 8.22. The van der Waals surface area contributed by atoms with E-state index in [1.54, 1.807) is 10.7 Å². The minimum atomic E-state index is 0.603. The standard InChI is InChI=1S/C11H16N6/c1-3-4-9-13-10(15-12)7-11(14-9)17-6-5-8(2)16-17/h5-7H,3-4,12H2,1-2H3,(H,13,14,15). The molecule has 3 N–H and O–H groups in total. The molecule has 2 heterocycles. The van der Waals surface area contributed by atoms with E-state index in [1.807, 2.05) is 19.2 Å². The Labute approximate surface area is 99.9 Å². The molecule has 0 aromatic carbocycles. The van der Waals surface area contributed by atoms with Gasteiger partial charge >= 0.3 is 0 Å². The number of hydrogen-bond acceptors (Lipinski definition) is 5. The summed E-state index contributed by atoms with van der Waals surface area (Å²) in [7, 11) is 0. The Kier molecular flexibility index (Phi) is 3.34. The van der Waals surface area contributed by atoms with Crippen LogP contribution in [-0.4, -0.2) is 19.7 Å². The molecule has 6 nitrogen and oxygen atoms in total. The average molecular weight is 232 g/mol. The second kappa shape index (κ2) is 4.92. The molecule has 0 spiro atoms. The molecule has 0 saturated heterocycles. The van der Waals surface area contributed by atoms with Gasteiger partial charge in [0.25, 0.3) is 0 Å². The highest BCUT2D eigenvalue weighted by atomic mass is 15.3. The summed E-state index contributed by atoms with van der Waals surface area (Å²) in [6.07, 6.45) is 3.68. The van der Waals surface area contributed by atoms with Crippen LogP contribution in [0.2, 0.25) is 0 Å². The zero-order chi connectivity index (χ0) is 12.3. The first-order valence-electron chi connectivity index (χ1n) is 5.60. The molecule has 0 bridgehead atoms. The molecule has 0 unspecified atom stereocenters. The van der Waals surface area contributed by atoms with Gasteiger partial charge in [-0.15, -0.1) is 0 Å². The quantitative estimate of drug-likeness (QED) is 0.611. The Morgan fingerprint density at radius 3 is 2.82 bits per heavy atom. The molecule has 0 fully saturated rings. The average Bonchev–Trinajstić information content (AvgIpc) is 2.76. The summed E-state index contributed by atoms with van der Waals surface area (Å²) in [5.41, 5.74) is 3.50. The van der Waals surface area contributed by atoms with Crippen LogP contribution < -0.4 is 11.3 Å². The van der Waals surface area contributed by atoms with Crippen LogP contribution in [0.4, 0.5) is 5.82 Å². The molecule has 2 rings (SSSR count). The lowest BCUT2D eigenvalue weighted by atomic mass is 10.3. The second-order valence-corrected chi connectivity index (χ2v) is 3.82. The fourth-order valence-corrected chi connectivity index (χ4v) is 1.55. The molecule has 90 valence electrons. The SMILES string of the molecule is CCCc1nc(NN)cc(-n2ccc(C)n2)n1. The van der Waals surface area contributed by atoms with Crippen molar-refractivity contribution in [3.05, 3.63) is 29.8 Å². The van der Waals surface area contributed by atoms with Gasteiger partial charge in [0.15, 0.2) is 5.82 Å². The van der Waals surface area contributed by atoms with E-state index < -0.39 is 0 Å². The van der Waals surface area contributed by atoms with Gasteiger partial charge in [0.2, 0.25) is 0 Å². The van der Waals surface area contributed by atoms with Crippen molar-refractivity contribution in [1.29, 1.82) is 0 Å². The third kappa shape index (κ3) is 2.59. The smallest absolute Gasteiger partial charge is 0.159 e. The van der Waals surface area contributed by atoms with E-state index >= 15 is 0 Å². The summed E-state index contributed by atoms with van der Waals surface area (Å²) in [5, 5.41) is 4.32. The van der Waals surface area contributed by atoms with Crippen LogP contribution in [0.1, 0.15) is 24.9 Å². The molecule has 6 heteroatoms. The van der Waals surface area contributed by atoms with Gasteiger partial charge in [-0.2, -0.15) is 5.10 Å². The van der Waals surface area contributed by atoms with Gasteiger partial charge in [-0.1, -0.05) is 6.92 Å². The summed E-state index contributed by atoms with van der Waals surface area (Å²) in [5.74, 6) is 7.50. The van der Waals surface area contributed by atoms with Crippen molar-refractivity contribution in [3.8, 4) is 5.82 Å². The molecular formula is C11H16N6. The first kappa shape index (κ1) is 11.5. The maximum absolute atomic E-state index is 5.40. The lowest BCUT2D eigenvalue weighted by Gasteiger charge is -2.06. The van der Waals surface area contributed by atoms with E-state index in [0.29, 0.717) is 5.82 Å². The van der Waals surface area contributed by atoms with Gasteiger partial charge in [0, 0.05) is 18.7 Å². The number of nitrogens with zero attached hydrogens (tertiary/aromatic N) is 4. The fraction of sp³-hybridized carbons (Fsp3) is 0.364. The van der Waals surface area contributed by atoms with E-state index in [4.69, 9.17) is 5.84 Å². The van der Waals surface area contributed by atoms with Gasteiger partial charge in [0.05, 0.1) is 5.69 Å². The Hall–Kier alpha value is -1.95. The zero-order valence-electron chi connectivity index (χ0n) is 10.0. The van der Waals surface area contributed by atoms with E-state index in [2.05, 4.69) is 27.4 Å². The van der Waals surface area contributed by atoms with Gasteiger partial charge in [-0.3, -0.25) is 0 Å². The zero-order valence-corrected chi connectivity index (χ0v) is 10.0. The molecule has 0 amide bonds. The number of nitrogens with two attached hydrogens (primary N) is 1. The van der Waals surface area contributed by atoms with Gasteiger partial charge < -0.3 is 5.43 Å². The summed E-state index contributed by atoms with van der Waals surface area (Å²) in [6, 6.07) is 3.70. The molecule has 2 aromatic heterocycles. The Morgan fingerprint density at radius 2 is 2.24 bits per heavy atom. The molecule has 0 aliphatic rings. The normalized spacial score (nSPS) is 10.5. The van der Waals surface area contributed by atoms with Crippen LogP contribution in [0, 0.1) is 6.92 Å². The Morgan fingerprint density at radius 1 is 1.41 bits per heavy atom. The highest BCUT2D eigenvalue weighted by Gasteiger charge is 2.06. The Balaban J connectivity index is 2.42. The van der Waals surface area contributed by atoms with Crippen molar-refractivity contribution in [2.45, 2.75) is 26.7 Å². The minimum absolute atomic E-state index is 0.603. The first-order valence-corrected chi connectivity index (χ1v) is 5.60. The van der Waals surface area contributed by atoms with Gasteiger partial charge in [0.1, 0.15) is 11.6 Å². The number of nitrogen functional groups attached to an aromatic ring is 1. The van der Waals surface area contributed by atoms with Crippen LogP contribution in [0.25, 0.3) is 5.82 Å². The van der Waals surface area contributed by atoms with Crippen molar-refractivity contribution in [1.82, 2.24) is 19.7 Å². The van der Waals surface area contributed by atoms with Crippen LogP contribution in [0.3, 0.4) is 0 Å². The molecule has 2 aromatic rings. The summed E-state index contributed by atoms with van der Waals surface area (Å²) < 4.78 is 1.72. The predicted molar refractivity (Wildman–Crippen MR) is 65.7 cm³/mol. The predicted octanol–water partition coefficient (Wildman–Crippen LogP) is 1.21. The number of rotatable bonds is 4. The molecular weight excluding hydrogens is 216 g/mol. The molecule has 17 heavy (non-hydrogen) atoms. The fourth-order valence-electron chi connectivity index (χ4n) is 1.55. The topological polar surface area (TPSA) is 81.6 Å². The Bertz CT molecular complexity index is 504. The molecule has 0 atom stereocenters. The summed E-state index contributed by atoms with van der Waals surface area (Å²) in [4.78, 5) is 8.73. The van der Waals surface area contributed by atoms with E-state index in [0.717, 1.165) is 30.2 Å². The van der Waals surface area contributed by atoms with E-state index in [1.165, 1.54) is 0 Å². The van der Waals surface area contributed by atoms with Crippen LogP contribution in [0.15, 0.2) is 18.3 Å². The van der Waals surface area contributed by atoms with E-state index in [9.17, 15) is 0 Å². The van der Waals surface area contributed by atoms with Crippen molar-refractivity contribution < 1.29 is 0 Å². The van der Waals surface area contributed by atoms with Crippen molar-refractivity contribution in [2.75, 3.05) is 5.43 Å². The van der Waals surface area contributed by atoms with Crippen LogP contribution >= 0.6 is 0 Å². The monoisotopic (exact) mass is 232 g/mol. The third-order valence-electron chi connectivity index (χ3n) is 2.34. The summed E-state index contributed by atoms with van der Waals surface area (Å²) >= 11 is 0. The molecule has 0 aliphatic heterocycles. The molecule has 0 radical (unpaired) electrons. The van der Waals surface area contributed by atoms with Crippen molar-refractivity contribution >= 4 is 5.82 Å². The number of nitrogens with one attached hydrogen (secondary N) is 1. The van der Waals surface area contributed by atoms with Gasteiger partial charge in [-0.05, 0) is 19.4 Å². The number of hydrogen-bond donors (Lipinski definition) is 2. The largest absolute Gasteiger partial charge is 0.308 e. The number of aromatic nitrogens is 4. The van der Waals surface area contributed by atoms with Crippen molar-refractivity contribution in [2.24, 2.45) is 5.84 Å². The van der Waals surface area contributed by atoms with Gasteiger partial charge in [-0.25, -0.2) is 20.5 Å². The highest BCUT2D eigenvalue weighted by Crippen LogP contribution is 2.11. The lowest BCUT2D eigenvalue weighted by molar-refractivity contribution is 0.780.